The van der Waals surface area contributed by atoms with Gasteiger partial charge in [0.1, 0.15) is 12.4 Å². The van der Waals surface area contributed by atoms with Crippen molar-refractivity contribution in [3.8, 4) is 0 Å². The molecule has 1 aromatic rings. The summed E-state index contributed by atoms with van der Waals surface area (Å²) in [5.41, 5.74) is 7.24. The molecular weight excluding hydrogens is 414 g/mol. The van der Waals surface area contributed by atoms with Crippen LogP contribution in [-0.2, 0) is 9.59 Å². The van der Waals surface area contributed by atoms with E-state index in [9.17, 15) is 19.7 Å². The first-order chi connectivity index (χ1) is 15.2. The molecular formula is C21H31N7O4. The molecule has 1 unspecified atom stereocenters. The molecule has 2 heterocycles. The molecule has 0 saturated carbocycles. The molecule has 0 radical (unpaired) electrons. The number of nitro groups is 1. The Hall–Kier alpha value is -3.50. The van der Waals surface area contributed by atoms with Crippen LogP contribution in [0.3, 0.4) is 0 Å². The van der Waals surface area contributed by atoms with Crippen LogP contribution in [0, 0.1) is 10.1 Å². The number of allylic oxidation sites excluding steroid dienone is 3. The Morgan fingerprint density at radius 1 is 1.31 bits per heavy atom. The van der Waals surface area contributed by atoms with Gasteiger partial charge in [-0.05, 0) is 46.5 Å². The summed E-state index contributed by atoms with van der Waals surface area (Å²) in [6.45, 7) is 6.63. The van der Waals surface area contributed by atoms with Crippen molar-refractivity contribution in [2.75, 3.05) is 29.9 Å². The molecule has 1 aliphatic rings. The van der Waals surface area contributed by atoms with Crippen LogP contribution in [0.2, 0.25) is 0 Å². The van der Waals surface area contributed by atoms with E-state index in [1.54, 1.807) is 4.90 Å². The Morgan fingerprint density at radius 3 is 2.72 bits per heavy atom. The lowest BCUT2D eigenvalue weighted by atomic mass is 10.1. The van der Waals surface area contributed by atoms with Gasteiger partial charge in [0.25, 0.3) is 0 Å². The monoisotopic (exact) mass is 445 g/mol. The summed E-state index contributed by atoms with van der Waals surface area (Å²) in [5, 5.41) is 17.3. The van der Waals surface area contributed by atoms with Gasteiger partial charge in [-0.25, -0.2) is 9.97 Å². The fourth-order valence-corrected chi connectivity index (χ4v) is 3.47. The van der Waals surface area contributed by atoms with Crippen LogP contribution in [0.4, 0.5) is 17.3 Å². The molecule has 1 fully saturated rings. The highest BCUT2D eigenvalue weighted by Gasteiger charge is 2.37. The number of nitrogens with zero attached hydrogens (tertiary/aromatic N) is 4. The molecule has 2 amide bonds. The second kappa shape index (κ2) is 11.8. The average Bonchev–Trinajstić information content (AvgIpc) is 3.21. The van der Waals surface area contributed by atoms with E-state index in [0.717, 1.165) is 18.4 Å². The van der Waals surface area contributed by atoms with Crippen molar-refractivity contribution in [3.63, 3.8) is 0 Å². The van der Waals surface area contributed by atoms with E-state index in [4.69, 9.17) is 5.73 Å². The van der Waals surface area contributed by atoms with E-state index < -0.39 is 22.8 Å². The molecule has 2 rings (SSSR count). The maximum absolute atomic E-state index is 12.5. The topological polar surface area (TPSA) is 156 Å². The first-order valence-electron chi connectivity index (χ1n) is 10.6. The van der Waals surface area contributed by atoms with Gasteiger partial charge in [0, 0.05) is 13.1 Å². The highest BCUT2D eigenvalue weighted by Crippen LogP contribution is 2.35. The second-order valence-corrected chi connectivity index (χ2v) is 7.94. The number of carbonyl (C=O) groups excluding carboxylic acids is 2. The van der Waals surface area contributed by atoms with Crippen molar-refractivity contribution in [1.82, 2.24) is 15.3 Å². The van der Waals surface area contributed by atoms with Gasteiger partial charge in [0.15, 0.2) is 0 Å². The van der Waals surface area contributed by atoms with Gasteiger partial charge in [-0.15, -0.1) is 0 Å². The average molecular weight is 446 g/mol. The van der Waals surface area contributed by atoms with Gasteiger partial charge < -0.3 is 21.3 Å². The molecule has 0 aliphatic carbocycles. The number of hydrogen-bond donors (Lipinski definition) is 3. The van der Waals surface area contributed by atoms with Gasteiger partial charge in [0.05, 0.1) is 11.5 Å². The lowest BCUT2D eigenvalue weighted by Gasteiger charge is -2.24. The van der Waals surface area contributed by atoms with Crippen molar-refractivity contribution < 1.29 is 14.5 Å². The minimum Gasteiger partial charge on any atom is -0.368 e. The summed E-state index contributed by atoms with van der Waals surface area (Å²) in [5.74, 6) is -0.907. The third-order valence-electron chi connectivity index (χ3n) is 5.06. The van der Waals surface area contributed by atoms with Crippen molar-refractivity contribution >= 4 is 29.1 Å². The van der Waals surface area contributed by atoms with E-state index in [2.05, 4.69) is 40.5 Å². The van der Waals surface area contributed by atoms with Crippen molar-refractivity contribution in [3.05, 3.63) is 39.7 Å². The predicted molar refractivity (Wildman–Crippen MR) is 122 cm³/mol. The zero-order valence-electron chi connectivity index (χ0n) is 18.8. The van der Waals surface area contributed by atoms with Crippen LogP contribution >= 0.6 is 0 Å². The number of amides is 2. The Labute approximate surface area is 187 Å². The van der Waals surface area contributed by atoms with Gasteiger partial charge in [-0.1, -0.05) is 23.3 Å². The summed E-state index contributed by atoms with van der Waals surface area (Å²) in [7, 11) is 0. The van der Waals surface area contributed by atoms with Crippen LogP contribution in [0.1, 0.15) is 46.5 Å². The lowest BCUT2D eigenvalue weighted by Crippen LogP contribution is -2.46. The molecule has 11 nitrogen and oxygen atoms in total. The van der Waals surface area contributed by atoms with Crippen molar-refractivity contribution in [2.45, 2.75) is 52.5 Å². The maximum atomic E-state index is 12.5. The maximum Gasteiger partial charge on any atom is 0.353 e. The Kier molecular flexibility index (Phi) is 9.11. The molecule has 11 heteroatoms. The largest absolute Gasteiger partial charge is 0.368 e. The van der Waals surface area contributed by atoms with Crippen LogP contribution in [0.25, 0.3) is 0 Å². The third-order valence-corrected chi connectivity index (χ3v) is 5.06. The van der Waals surface area contributed by atoms with Gasteiger partial charge in [-0.3, -0.25) is 19.7 Å². The third kappa shape index (κ3) is 7.03. The zero-order chi connectivity index (χ0) is 23.7. The van der Waals surface area contributed by atoms with Gasteiger partial charge >= 0.3 is 5.69 Å². The first-order valence-corrected chi connectivity index (χ1v) is 10.6. The van der Waals surface area contributed by atoms with Crippen molar-refractivity contribution in [1.29, 1.82) is 0 Å². The van der Waals surface area contributed by atoms with Gasteiger partial charge in [0.2, 0.25) is 23.5 Å². The van der Waals surface area contributed by atoms with E-state index in [1.807, 2.05) is 13.0 Å². The zero-order valence-corrected chi connectivity index (χ0v) is 18.8. The molecule has 4 N–H and O–H groups in total. The number of anilines is 2. The summed E-state index contributed by atoms with van der Waals surface area (Å²) >= 11 is 0. The minimum atomic E-state index is -0.673. The summed E-state index contributed by atoms with van der Waals surface area (Å²) < 4.78 is 0. The molecule has 0 aromatic carbocycles. The SMILES string of the molecule is CC(C)=CCC/C(C)=C/CNc1ncnc(N2CCCC2C(=O)NCC(N)=O)c1[N+](=O)[O-]. The van der Waals surface area contributed by atoms with Crippen molar-refractivity contribution in [2.24, 2.45) is 5.73 Å². The fraction of sp³-hybridized carbons (Fsp3) is 0.524. The summed E-state index contributed by atoms with van der Waals surface area (Å²) in [4.78, 5) is 44.5. The molecule has 32 heavy (non-hydrogen) atoms. The molecule has 174 valence electrons. The molecule has 0 bridgehead atoms. The lowest BCUT2D eigenvalue weighted by molar-refractivity contribution is -0.383. The number of hydrogen-bond acceptors (Lipinski definition) is 8. The Morgan fingerprint density at radius 2 is 2.06 bits per heavy atom. The van der Waals surface area contributed by atoms with Crippen LogP contribution < -0.4 is 21.3 Å². The first kappa shape index (κ1) is 24.8. The smallest absolute Gasteiger partial charge is 0.353 e. The molecule has 1 saturated heterocycles. The number of carbonyl (C=O) groups is 2. The summed E-state index contributed by atoms with van der Waals surface area (Å²) in [6.07, 6.45) is 8.37. The predicted octanol–water partition coefficient (Wildman–Crippen LogP) is 2.06. The van der Waals surface area contributed by atoms with E-state index >= 15 is 0 Å². The van der Waals surface area contributed by atoms with Gasteiger partial charge in [-0.2, -0.15) is 0 Å². The van der Waals surface area contributed by atoms with Crippen LogP contribution in [-0.4, -0.2) is 52.4 Å². The normalized spacial score (nSPS) is 15.9. The fourth-order valence-electron chi connectivity index (χ4n) is 3.47. The number of aromatic nitrogens is 2. The molecule has 1 atom stereocenters. The van der Waals surface area contributed by atoms with Crippen LogP contribution in [0.5, 0.6) is 0 Å². The number of rotatable bonds is 11. The number of nitrogens with two attached hydrogens (primary N) is 1. The Bertz CT molecular complexity index is 909. The standard InChI is InChI=1S/C21H31N7O4/c1-14(2)6-4-7-15(3)9-10-23-19-18(28(31)32)20(26-13-25-19)27-11-5-8-16(27)21(30)24-12-17(22)29/h6,9,13,16H,4-5,7-8,10-12H2,1-3H3,(H2,22,29)(H,24,30)(H,23,25,26)/b15-9+. The highest BCUT2D eigenvalue weighted by atomic mass is 16.6. The number of nitrogens with one attached hydrogen (secondary N) is 2. The minimum absolute atomic E-state index is 0.0773. The van der Waals surface area contributed by atoms with E-state index in [1.165, 1.54) is 11.9 Å². The Balaban J connectivity index is 2.17. The van der Waals surface area contributed by atoms with Crippen LogP contribution in [0.15, 0.2) is 29.6 Å². The quantitative estimate of drug-likeness (QED) is 0.265. The summed E-state index contributed by atoms with van der Waals surface area (Å²) in [6, 6.07) is -0.673. The van der Waals surface area contributed by atoms with E-state index in [-0.39, 0.29) is 23.9 Å². The molecule has 0 spiro atoms. The highest BCUT2D eigenvalue weighted by molar-refractivity contribution is 5.90. The second-order valence-electron chi connectivity index (χ2n) is 7.94. The van der Waals surface area contributed by atoms with E-state index in [0.29, 0.717) is 25.9 Å². The molecule has 1 aromatic heterocycles. The number of primary amides is 1. The molecule has 1 aliphatic heterocycles.